The van der Waals surface area contributed by atoms with Crippen LogP contribution in [0.2, 0.25) is 5.02 Å². The number of ether oxygens (including phenoxy) is 2. The Morgan fingerprint density at radius 1 is 1.21 bits per heavy atom. The predicted molar refractivity (Wildman–Crippen MR) is 89.8 cm³/mol. The van der Waals surface area contributed by atoms with Crippen LogP contribution in [0.3, 0.4) is 0 Å². The van der Waals surface area contributed by atoms with Crippen molar-refractivity contribution in [3.05, 3.63) is 47.0 Å². The maximum atomic E-state index is 6.05. The molecule has 0 aliphatic carbocycles. The number of piperidine rings is 1. The zero-order valence-electron chi connectivity index (χ0n) is 13.4. The van der Waals surface area contributed by atoms with Gasteiger partial charge in [0.25, 0.3) is 0 Å². The van der Waals surface area contributed by atoms with Crippen LogP contribution in [0.4, 0.5) is 0 Å². The van der Waals surface area contributed by atoms with Crippen molar-refractivity contribution in [3.63, 3.8) is 0 Å². The first-order valence-electron chi connectivity index (χ1n) is 8.38. The topological polar surface area (TPSA) is 63.3 Å². The second-order valence-corrected chi connectivity index (χ2v) is 6.86. The lowest BCUT2D eigenvalue weighted by molar-refractivity contribution is -0.0650. The van der Waals surface area contributed by atoms with Crippen molar-refractivity contribution in [2.75, 3.05) is 26.2 Å². The van der Waals surface area contributed by atoms with Crippen LogP contribution >= 0.6 is 11.6 Å². The molecule has 7 heteroatoms. The number of aromatic amines is 1. The molecule has 3 heterocycles. The lowest BCUT2D eigenvalue weighted by Gasteiger charge is -2.32. The lowest BCUT2D eigenvalue weighted by Crippen LogP contribution is -2.39. The van der Waals surface area contributed by atoms with Crippen molar-refractivity contribution >= 4 is 11.6 Å². The van der Waals surface area contributed by atoms with Gasteiger partial charge in [0.05, 0.1) is 12.7 Å². The van der Waals surface area contributed by atoms with E-state index < -0.39 is 0 Å². The minimum atomic E-state index is -0.279. The summed E-state index contributed by atoms with van der Waals surface area (Å²) in [6.07, 6.45) is 3.63. The van der Waals surface area contributed by atoms with Gasteiger partial charge >= 0.3 is 0 Å². The zero-order valence-corrected chi connectivity index (χ0v) is 14.2. The number of nitrogens with zero attached hydrogens (tertiary/aromatic N) is 3. The highest BCUT2D eigenvalue weighted by molar-refractivity contribution is 6.30. The standard InChI is InChI=1S/C17H21ClN4O2/c18-14-3-1-13(2-4-14)17-23-10-15(24-17)9-22-7-5-12(6-8-22)16-19-11-20-21-16/h1-4,11-12,15,17H,5-10H2,(H,19,20,21)/t15-,17+/m1/s1. The molecule has 0 unspecified atom stereocenters. The maximum absolute atomic E-state index is 6.05. The molecule has 2 aliphatic heterocycles. The Morgan fingerprint density at radius 2 is 2.00 bits per heavy atom. The molecule has 1 aromatic heterocycles. The number of rotatable bonds is 4. The van der Waals surface area contributed by atoms with Crippen molar-refractivity contribution in [1.82, 2.24) is 20.1 Å². The van der Waals surface area contributed by atoms with Gasteiger partial charge in [-0.2, -0.15) is 5.10 Å². The molecule has 2 atom stereocenters. The average Bonchev–Trinajstić information content (AvgIpc) is 3.28. The quantitative estimate of drug-likeness (QED) is 0.920. The fraction of sp³-hybridized carbons (Fsp3) is 0.529. The normalized spacial score (nSPS) is 26.0. The van der Waals surface area contributed by atoms with Gasteiger partial charge in [0, 0.05) is 23.0 Å². The van der Waals surface area contributed by atoms with E-state index in [1.807, 2.05) is 24.3 Å². The molecule has 2 aliphatic rings. The van der Waals surface area contributed by atoms with Crippen molar-refractivity contribution in [3.8, 4) is 0 Å². The Bertz CT molecular complexity index is 641. The van der Waals surface area contributed by atoms with Gasteiger partial charge < -0.3 is 14.4 Å². The summed E-state index contributed by atoms with van der Waals surface area (Å²) in [5.41, 5.74) is 1.02. The van der Waals surface area contributed by atoms with Crippen LogP contribution in [0.5, 0.6) is 0 Å². The van der Waals surface area contributed by atoms with Crippen LogP contribution in [0.15, 0.2) is 30.6 Å². The molecular weight excluding hydrogens is 328 g/mol. The van der Waals surface area contributed by atoms with Gasteiger partial charge in [-0.05, 0) is 38.1 Å². The largest absolute Gasteiger partial charge is 0.346 e. The first-order valence-corrected chi connectivity index (χ1v) is 8.76. The number of likely N-dealkylation sites (tertiary alicyclic amines) is 1. The minimum Gasteiger partial charge on any atom is -0.346 e. The van der Waals surface area contributed by atoms with Crippen molar-refractivity contribution in [2.24, 2.45) is 0 Å². The molecule has 0 amide bonds. The summed E-state index contributed by atoms with van der Waals surface area (Å²) in [6.45, 7) is 3.65. The molecule has 2 aromatic rings. The van der Waals surface area contributed by atoms with Crippen LogP contribution in [0, 0.1) is 0 Å². The van der Waals surface area contributed by atoms with E-state index in [2.05, 4.69) is 20.1 Å². The summed E-state index contributed by atoms with van der Waals surface area (Å²) in [7, 11) is 0. The highest BCUT2D eigenvalue weighted by atomic mass is 35.5. The Morgan fingerprint density at radius 3 is 2.71 bits per heavy atom. The number of halogens is 1. The summed E-state index contributed by atoms with van der Waals surface area (Å²) in [5.74, 6) is 1.50. The molecule has 2 saturated heterocycles. The van der Waals surface area contributed by atoms with Gasteiger partial charge in [0.2, 0.25) is 0 Å². The minimum absolute atomic E-state index is 0.118. The van der Waals surface area contributed by atoms with E-state index in [0.717, 1.165) is 48.9 Å². The van der Waals surface area contributed by atoms with E-state index in [9.17, 15) is 0 Å². The Balaban J connectivity index is 1.26. The Labute approximate surface area is 146 Å². The molecule has 24 heavy (non-hydrogen) atoms. The number of benzene rings is 1. The van der Waals surface area contributed by atoms with Crippen molar-refractivity contribution < 1.29 is 9.47 Å². The second kappa shape index (κ2) is 7.19. The van der Waals surface area contributed by atoms with E-state index in [4.69, 9.17) is 21.1 Å². The average molecular weight is 349 g/mol. The summed E-state index contributed by atoms with van der Waals surface area (Å²) in [6, 6.07) is 7.65. The molecule has 0 bridgehead atoms. The van der Waals surface area contributed by atoms with Crippen LogP contribution < -0.4 is 0 Å². The van der Waals surface area contributed by atoms with Gasteiger partial charge in [-0.1, -0.05) is 23.7 Å². The van der Waals surface area contributed by atoms with E-state index in [1.165, 1.54) is 0 Å². The van der Waals surface area contributed by atoms with Gasteiger partial charge in [-0.15, -0.1) is 0 Å². The Hall–Kier alpha value is -1.47. The second-order valence-electron chi connectivity index (χ2n) is 6.42. The Kier molecular flexibility index (Phi) is 4.80. The molecular formula is C17H21ClN4O2. The molecule has 6 nitrogen and oxygen atoms in total. The summed E-state index contributed by atoms with van der Waals surface area (Å²) in [5, 5.41) is 7.66. The lowest BCUT2D eigenvalue weighted by atomic mass is 9.96. The van der Waals surface area contributed by atoms with Crippen LogP contribution in [0.25, 0.3) is 0 Å². The van der Waals surface area contributed by atoms with Gasteiger partial charge in [-0.3, -0.25) is 5.10 Å². The van der Waals surface area contributed by atoms with Crippen molar-refractivity contribution in [2.45, 2.75) is 31.2 Å². The third-order valence-electron chi connectivity index (χ3n) is 4.76. The summed E-state index contributed by atoms with van der Waals surface area (Å²) >= 11 is 5.93. The number of hydrogen-bond donors (Lipinski definition) is 1. The van der Waals surface area contributed by atoms with Gasteiger partial charge in [0.1, 0.15) is 12.2 Å². The van der Waals surface area contributed by atoms with Crippen molar-refractivity contribution in [1.29, 1.82) is 0 Å². The highest BCUT2D eigenvalue weighted by Crippen LogP contribution is 2.30. The third kappa shape index (κ3) is 3.62. The molecule has 1 N–H and O–H groups in total. The van der Waals surface area contributed by atoms with E-state index in [0.29, 0.717) is 12.5 Å². The van der Waals surface area contributed by atoms with E-state index in [1.54, 1.807) is 6.33 Å². The first kappa shape index (κ1) is 16.0. The molecule has 128 valence electrons. The van der Waals surface area contributed by atoms with Crippen LogP contribution in [-0.4, -0.2) is 52.4 Å². The monoisotopic (exact) mass is 348 g/mol. The molecule has 2 fully saturated rings. The molecule has 4 rings (SSSR count). The highest BCUT2D eigenvalue weighted by Gasteiger charge is 2.30. The van der Waals surface area contributed by atoms with Gasteiger partial charge in [-0.25, -0.2) is 4.98 Å². The SMILES string of the molecule is Clc1ccc([C@H]2OC[C@@H](CN3CCC(c4ncn[nH]4)CC3)O2)cc1. The van der Waals surface area contributed by atoms with E-state index >= 15 is 0 Å². The number of H-pyrrole nitrogens is 1. The maximum Gasteiger partial charge on any atom is 0.184 e. The summed E-state index contributed by atoms with van der Waals surface area (Å²) < 4.78 is 11.9. The smallest absolute Gasteiger partial charge is 0.184 e. The predicted octanol–water partition coefficient (Wildman–Crippen LogP) is 2.75. The third-order valence-corrected chi connectivity index (χ3v) is 5.01. The number of aromatic nitrogens is 3. The van der Waals surface area contributed by atoms with Gasteiger partial charge in [0.15, 0.2) is 6.29 Å². The van der Waals surface area contributed by atoms with Crippen LogP contribution in [-0.2, 0) is 9.47 Å². The fourth-order valence-electron chi connectivity index (χ4n) is 3.43. The number of hydrogen-bond acceptors (Lipinski definition) is 5. The number of nitrogens with one attached hydrogen (secondary N) is 1. The zero-order chi connectivity index (χ0) is 16.4. The molecule has 0 saturated carbocycles. The first-order chi connectivity index (χ1) is 11.8. The van der Waals surface area contributed by atoms with E-state index in [-0.39, 0.29) is 12.4 Å². The molecule has 0 radical (unpaired) electrons. The van der Waals surface area contributed by atoms with Crippen LogP contribution in [0.1, 0.15) is 36.4 Å². The molecule has 1 aromatic carbocycles. The molecule has 0 spiro atoms. The summed E-state index contributed by atoms with van der Waals surface area (Å²) in [4.78, 5) is 6.73. The fourth-order valence-corrected chi connectivity index (χ4v) is 3.55.